The van der Waals surface area contributed by atoms with Gasteiger partial charge in [0.05, 0.1) is 0 Å². The van der Waals surface area contributed by atoms with Crippen molar-refractivity contribution in [3.8, 4) is 0 Å². The van der Waals surface area contributed by atoms with Crippen LogP contribution in [0.3, 0.4) is 0 Å². The second-order valence-corrected chi connectivity index (χ2v) is 6.84. The van der Waals surface area contributed by atoms with E-state index in [1.165, 1.54) is 52.0 Å². The van der Waals surface area contributed by atoms with Crippen LogP contribution in [0.4, 0.5) is 0 Å². The van der Waals surface area contributed by atoms with Crippen molar-refractivity contribution in [3.63, 3.8) is 0 Å². The van der Waals surface area contributed by atoms with Crippen LogP contribution in [0.15, 0.2) is 24.3 Å². The number of piperazine rings is 1. The van der Waals surface area contributed by atoms with Gasteiger partial charge in [0.25, 0.3) is 0 Å². The fraction of sp³-hybridized carbons (Fsp3) is 0.647. The number of aryl methyl sites for hydroxylation is 1. The molecule has 0 saturated carbocycles. The van der Waals surface area contributed by atoms with Gasteiger partial charge in [-0.3, -0.25) is 0 Å². The predicted octanol–water partition coefficient (Wildman–Crippen LogP) is 2.43. The zero-order chi connectivity index (χ0) is 13.3. The molecule has 1 atom stereocenters. The van der Waals surface area contributed by atoms with E-state index < -0.39 is 0 Å². The standard InChI is InChI=1S/C17H26N2/c1-17(14-19-11-9-18(2)10-12-19)8-7-15-5-3-4-6-16(15)13-17/h3-6H,7-14H2,1-2H3. The van der Waals surface area contributed by atoms with Crippen molar-refractivity contribution < 1.29 is 0 Å². The summed E-state index contributed by atoms with van der Waals surface area (Å²) in [5.41, 5.74) is 3.65. The van der Waals surface area contributed by atoms with Gasteiger partial charge in [-0.15, -0.1) is 0 Å². The lowest BCUT2D eigenvalue weighted by Crippen LogP contribution is -2.49. The van der Waals surface area contributed by atoms with Gasteiger partial charge in [-0.2, -0.15) is 0 Å². The van der Waals surface area contributed by atoms with Gasteiger partial charge in [-0.05, 0) is 42.9 Å². The first-order valence-corrected chi connectivity index (χ1v) is 7.62. The second-order valence-electron chi connectivity index (χ2n) is 6.84. The molecule has 1 fully saturated rings. The number of hydrogen-bond acceptors (Lipinski definition) is 2. The Morgan fingerprint density at radius 2 is 1.74 bits per heavy atom. The summed E-state index contributed by atoms with van der Waals surface area (Å²) in [6.07, 6.45) is 3.87. The van der Waals surface area contributed by atoms with Crippen LogP contribution in [0, 0.1) is 5.41 Å². The quantitative estimate of drug-likeness (QED) is 0.804. The number of benzene rings is 1. The van der Waals surface area contributed by atoms with Crippen molar-refractivity contribution >= 4 is 0 Å². The molecule has 19 heavy (non-hydrogen) atoms. The van der Waals surface area contributed by atoms with Gasteiger partial charge in [0, 0.05) is 32.7 Å². The minimum Gasteiger partial charge on any atom is -0.304 e. The van der Waals surface area contributed by atoms with Gasteiger partial charge in [0.2, 0.25) is 0 Å². The van der Waals surface area contributed by atoms with Crippen LogP contribution < -0.4 is 0 Å². The Bertz CT molecular complexity index is 435. The highest BCUT2D eigenvalue weighted by molar-refractivity contribution is 5.30. The number of hydrogen-bond donors (Lipinski definition) is 0. The molecule has 0 radical (unpaired) electrons. The molecule has 1 aromatic rings. The third-order valence-corrected chi connectivity index (χ3v) is 4.93. The van der Waals surface area contributed by atoms with Crippen molar-refractivity contribution in [1.82, 2.24) is 9.80 Å². The molecule has 2 heteroatoms. The number of rotatable bonds is 2. The van der Waals surface area contributed by atoms with Gasteiger partial charge >= 0.3 is 0 Å². The minimum absolute atomic E-state index is 0.476. The average Bonchev–Trinajstić information content (AvgIpc) is 2.41. The molecule has 1 aromatic carbocycles. The van der Waals surface area contributed by atoms with E-state index in [2.05, 4.69) is 48.0 Å². The van der Waals surface area contributed by atoms with Crippen LogP contribution in [-0.4, -0.2) is 49.6 Å². The third-order valence-electron chi connectivity index (χ3n) is 4.93. The molecule has 0 amide bonds. The molecule has 0 bridgehead atoms. The number of fused-ring (bicyclic) bond motifs is 1. The van der Waals surface area contributed by atoms with Gasteiger partial charge in [0.1, 0.15) is 0 Å². The van der Waals surface area contributed by atoms with Gasteiger partial charge in [0.15, 0.2) is 0 Å². The van der Waals surface area contributed by atoms with E-state index in [0.29, 0.717) is 5.41 Å². The zero-order valence-corrected chi connectivity index (χ0v) is 12.4. The molecule has 1 heterocycles. The predicted molar refractivity (Wildman–Crippen MR) is 80.5 cm³/mol. The summed E-state index contributed by atoms with van der Waals surface area (Å²) < 4.78 is 0. The zero-order valence-electron chi connectivity index (χ0n) is 12.4. The fourth-order valence-electron chi connectivity index (χ4n) is 3.64. The van der Waals surface area contributed by atoms with Crippen molar-refractivity contribution in [1.29, 1.82) is 0 Å². The lowest BCUT2D eigenvalue weighted by molar-refractivity contribution is 0.0954. The summed E-state index contributed by atoms with van der Waals surface area (Å²) in [7, 11) is 2.23. The molecular weight excluding hydrogens is 232 g/mol. The Morgan fingerprint density at radius 1 is 1.05 bits per heavy atom. The van der Waals surface area contributed by atoms with E-state index in [1.54, 1.807) is 11.1 Å². The SMILES string of the molecule is CN1CCN(CC2(C)CCc3ccccc3C2)CC1. The Morgan fingerprint density at radius 3 is 2.47 bits per heavy atom. The summed E-state index contributed by atoms with van der Waals surface area (Å²) >= 11 is 0. The molecule has 1 aliphatic carbocycles. The Balaban J connectivity index is 1.65. The third kappa shape index (κ3) is 3.01. The average molecular weight is 258 g/mol. The Labute approximate surface area is 117 Å². The molecule has 1 unspecified atom stereocenters. The maximum Gasteiger partial charge on any atom is 0.0110 e. The van der Waals surface area contributed by atoms with E-state index in [0.717, 1.165) is 0 Å². The molecule has 0 aromatic heterocycles. The van der Waals surface area contributed by atoms with E-state index in [-0.39, 0.29) is 0 Å². The van der Waals surface area contributed by atoms with E-state index in [4.69, 9.17) is 0 Å². The monoisotopic (exact) mass is 258 g/mol. The second kappa shape index (κ2) is 5.26. The minimum atomic E-state index is 0.476. The van der Waals surface area contributed by atoms with Crippen molar-refractivity contribution in [2.24, 2.45) is 5.41 Å². The molecule has 0 spiro atoms. The van der Waals surface area contributed by atoms with Crippen LogP contribution in [0.1, 0.15) is 24.5 Å². The first-order chi connectivity index (χ1) is 9.15. The van der Waals surface area contributed by atoms with Crippen molar-refractivity contribution in [2.75, 3.05) is 39.8 Å². The molecule has 104 valence electrons. The topological polar surface area (TPSA) is 6.48 Å². The summed E-state index contributed by atoms with van der Waals surface area (Å²) in [5, 5.41) is 0. The lowest BCUT2D eigenvalue weighted by Gasteiger charge is -2.41. The largest absolute Gasteiger partial charge is 0.304 e. The molecule has 2 nitrogen and oxygen atoms in total. The molecule has 3 rings (SSSR count). The van der Waals surface area contributed by atoms with Crippen molar-refractivity contribution in [2.45, 2.75) is 26.2 Å². The van der Waals surface area contributed by atoms with Crippen LogP contribution in [0.25, 0.3) is 0 Å². The fourth-order valence-corrected chi connectivity index (χ4v) is 3.64. The Kier molecular flexibility index (Phi) is 3.64. The molecule has 1 saturated heterocycles. The Hall–Kier alpha value is -0.860. The van der Waals surface area contributed by atoms with E-state index in [1.807, 2.05) is 0 Å². The van der Waals surface area contributed by atoms with E-state index >= 15 is 0 Å². The van der Waals surface area contributed by atoms with E-state index in [9.17, 15) is 0 Å². The normalized spacial score (nSPS) is 29.2. The van der Waals surface area contributed by atoms with Gasteiger partial charge in [-0.25, -0.2) is 0 Å². The van der Waals surface area contributed by atoms with Crippen LogP contribution in [-0.2, 0) is 12.8 Å². The first-order valence-electron chi connectivity index (χ1n) is 7.62. The van der Waals surface area contributed by atoms with Crippen LogP contribution in [0.5, 0.6) is 0 Å². The highest BCUT2D eigenvalue weighted by Crippen LogP contribution is 2.36. The maximum atomic E-state index is 2.67. The summed E-state index contributed by atoms with van der Waals surface area (Å²) in [6, 6.07) is 9.02. The highest BCUT2D eigenvalue weighted by atomic mass is 15.2. The smallest absolute Gasteiger partial charge is 0.0110 e. The van der Waals surface area contributed by atoms with Gasteiger partial charge in [-0.1, -0.05) is 31.2 Å². The lowest BCUT2D eigenvalue weighted by atomic mass is 9.72. The highest BCUT2D eigenvalue weighted by Gasteiger charge is 2.32. The molecule has 0 N–H and O–H groups in total. The van der Waals surface area contributed by atoms with Crippen molar-refractivity contribution in [3.05, 3.63) is 35.4 Å². The summed E-state index contributed by atoms with van der Waals surface area (Å²) in [6.45, 7) is 8.71. The number of likely N-dealkylation sites (N-methyl/N-ethyl adjacent to an activating group) is 1. The maximum absolute atomic E-state index is 2.67. The first kappa shape index (κ1) is 13.1. The summed E-state index contributed by atoms with van der Waals surface area (Å²) in [4.78, 5) is 5.11. The number of nitrogens with zero attached hydrogens (tertiary/aromatic N) is 2. The molecule has 2 aliphatic rings. The van der Waals surface area contributed by atoms with Crippen LogP contribution >= 0.6 is 0 Å². The van der Waals surface area contributed by atoms with Gasteiger partial charge < -0.3 is 9.80 Å². The molecular formula is C17H26N2. The van der Waals surface area contributed by atoms with Crippen LogP contribution in [0.2, 0.25) is 0 Å². The molecule has 1 aliphatic heterocycles. The summed E-state index contributed by atoms with van der Waals surface area (Å²) in [5.74, 6) is 0.